The van der Waals surface area contributed by atoms with Gasteiger partial charge in [0, 0.05) is 4.91 Å². The highest BCUT2D eigenvalue weighted by molar-refractivity contribution is 4.59. The molecule has 0 bridgehead atoms. The van der Waals surface area contributed by atoms with Crippen LogP contribution in [0.5, 0.6) is 0 Å². The van der Waals surface area contributed by atoms with E-state index < -0.39 is 12.2 Å². The quantitative estimate of drug-likeness (QED) is 0.345. The molecule has 0 saturated carbocycles. The fraction of sp³-hybridized carbons (Fsp3) is 1.00. The van der Waals surface area contributed by atoms with E-state index in [1.165, 1.54) is 0 Å². The minimum absolute atomic E-state index is 0.00127. The van der Waals surface area contributed by atoms with E-state index in [-0.39, 0.29) is 19.8 Å². The van der Waals surface area contributed by atoms with E-state index in [0.717, 1.165) is 0 Å². The molecule has 0 aliphatic rings. The highest BCUT2D eigenvalue weighted by Gasteiger charge is 2.04. The van der Waals surface area contributed by atoms with Crippen LogP contribution in [0.15, 0.2) is 5.11 Å². The van der Waals surface area contributed by atoms with Crippen molar-refractivity contribution in [3.05, 3.63) is 10.4 Å². The van der Waals surface area contributed by atoms with Gasteiger partial charge in [0.2, 0.25) is 0 Å². The second-order valence-corrected chi connectivity index (χ2v) is 2.67. The second-order valence-electron chi connectivity index (χ2n) is 2.67. The van der Waals surface area contributed by atoms with Crippen LogP contribution in [0.25, 0.3) is 10.4 Å². The summed E-state index contributed by atoms with van der Waals surface area (Å²) in [6.45, 7) is 2.11. The molecule has 0 aliphatic heterocycles. The van der Waals surface area contributed by atoms with Gasteiger partial charge in [0.25, 0.3) is 0 Å². The van der Waals surface area contributed by atoms with Crippen molar-refractivity contribution in [1.82, 2.24) is 0 Å². The van der Waals surface area contributed by atoms with E-state index in [1.807, 2.05) is 6.92 Å². The molecule has 0 aromatic heterocycles. The largest absolute Gasteiger partial charge is 0.391 e. The number of aliphatic hydroxyl groups excluding tert-OH is 2. The van der Waals surface area contributed by atoms with Gasteiger partial charge in [-0.25, -0.2) is 0 Å². The van der Waals surface area contributed by atoms with Crippen LogP contribution in [0, 0.1) is 0 Å². The molecule has 0 aliphatic carbocycles. The maximum absolute atomic E-state index is 9.09. The molecule has 0 aromatic carbocycles. The number of nitrogens with zero attached hydrogens (tertiary/aromatic N) is 3. The molecule has 0 saturated heterocycles. The third-order valence-corrected chi connectivity index (χ3v) is 1.45. The molecule has 6 heteroatoms. The van der Waals surface area contributed by atoms with Crippen LogP contribution >= 0.6 is 0 Å². The minimum Gasteiger partial charge on any atom is -0.391 e. The molecule has 0 heterocycles. The number of azide groups is 1. The van der Waals surface area contributed by atoms with Crippen molar-refractivity contribution in [3.8, 4) is 0 Å². The zero-order valence-corrected chi connectivity index (χ0v) is 7.63. The summed E-state index contributed by atoms with van der Waals surface area (Å²) < 4.78 is 4.96. The van der Waals surface area contributed by atoms with Gasteiger partial charge in [0.05, 0.1) is 32.0 Å². The first-order chi connectivity index (χ1) is 6.20. The Morgan fingerprint density at radius 1 is 1.38 bits per heavy atom. The fourth-order valence-corrected chi connectivity index (χ4v) is 0.641. The van der Waals surface area contributed by atoms with Gasteiger partial charge in [0.1, 0.15) is 0 Å². The third kappa shape index (κ3) is 7.55. The number of ether oxygens (including phenoxy) is 1. The number of hydrogen-bond acceptors (Lipinski definition) is 4. The molecule has 6 nitrogen and oxygen atoms in total. The maximum atomic E-state index is 9.09. The van der Waals surface area contributed by atoms with Crippen LogP contribution < -0.4 is 0 Å². The molecular weight excluding hydrogens is 174 g/mol. The lowest BCUT2D eigenvalue weighted by molar-refractivity contribution is -0.00540. The predicted molar refractivity (Wildman–Crippen MR) is 47.1 cm³/mol. The Hall–Kier alpha value is -0.810. The molecule has 0 amide bonds. The Balaban J connectivity index is 3.36. The standard InChI is InChI=1S/C7H15N3O3/c1-2-6(11)4-13-5-7(12)3-9-10-8/h6-7,11-12H,2-5H2,1H3. The third-order valence-electron chi connectivity index (χ3n) is 1.45. The first-order valence-corrected chi connectivity index (χ1v) is 4.15. The number of aliphatic hydroxyl groups is 2. The van der Waals surface area contributed by atoms with Crippen molar-refractivity contribution in [3.63, 3.8) is 0 Å². The molecule has 0 spiro atoms. The molecular formula is C7H15N3O3. The van der Waals surface area contributed by atoms with E-state index in [9.17, 15) is 0 Å². The number of hydrogen-bond donors (Lipinski definition) is 2. The van der Waals surface area contributed by atoms with Crippen LogP contribution in [0.3, 0.4) is 0 Å². The van der Waals surface area contributed by atoms with Crippen LogP contribution in [0.2, 0.25) is 0 Å². The Morgan fingerprint density at radius 3 is 2.54 bits per heavy atom. The van der Waals surface area contributed by atoms with Gasteiger partial charge in [-0.05, 0) is 12.0 Å². The van der Waals surface area contributed by atoms with Crippen LogP contribution in [0.4, 0.5) is 0 Å². The highest BCUT2D eigenvalue weighted by Crippen LogP contribution is 1.93. The second kappa shape index (κ2) is 7.82. The summed E-state index contributed by atoms with van der Waals surface area (Å²) in [5.41, 5.74) is 7.93. The lowest BCUT2D eigenvalue weighted by atomic mass is 10.3. The van der Waals surface area contributed by atoms with Gasteiger partial charge in [-0.2, -0.15) is 0 Å². The topological polar surface area (TPSA) is 98.5 Å². The predicted octanol–water partition coefficient (Wildman–Crippen LogP) is 0.445. The average Bonchev–Trinajstić information content (AvgIpc) is 2.14. The fourth-order valence-electron chi connectivity index (χ4n) is 0.641. The van der Waals surface area contributed by atoms with Crippen molar-refractivity contribution in [2.45, 2.75) is 25.6 Å². The van der Waals surface area contributed by atoms with Crippen molar-refractivity contribution in [1.29, 1.82) is 0 Å². The van der Waals surface area contributed by atoms with Gasteiger partial charge in [-0.15, -0.1) is 0 Å². The van der Waals surface area contributed by atoms with Crippen LogP contribution in [-0.4, -0.2) is 42.2 Å². The van der Waals surface area contributed by atoms with E-state index in [1.54, 1.807) is 0 Å². The summed E-state index contributed by atoms with van der Waals surface area (Å²) in [6, 6.07) is 0. The highest BCUT2D eigenvalue weighted by atomic mass is 16.5. The Morgan fingerprint density at radius 2 is 2.00 bits per heavy atom. The Bertz CT molecular complexity index is 170. The summed E-state index contributed by atoms with van der Waals surface area (Å²) in [5.74, 6) is 0. The first-order valence-electron chi connectivity index (χ1n) is 4.15. The molecule has 2 unspecified atom stereocenters. The van der Waals surface area contributed by atoms with Crippen LogP contribution in [0.1, 0.15) is 13.3 Å². The SMILES string of the molecule is CCC(O)COCC(O)CN=[N+]=[N-]. The summed E-state index contributed by atoms with van der Waals surface area (Å²) in [6.07, 6.45) is -0.668. The van der Waals surface area contributed by atoms with E-state index >= 15 is 0 Å². The van der Waals surface area contributed by atoms with Crippen LogP contribution in [-0.2, 0) is 4.74 Å². The Kier molecular flexibility index (Phi) is 7.33. The van der Waals surface area contributed by atoms with Gasteiger partial charge >= 0.3 is 0 Å². The lowest BCUT2D eigenvalue weighted by Crippen LogP contribution is -2.22. The van der Waals surface area contributed by atoms with Gasteiger partial charge < -0.3 is 14.9 Å². The van der Waals surface area contributed by atoms with Crippen molar-refractivity contribution >= 4 is 0 Å². The summed E-state index contributed by atoms with van der Waals surface area (Å²) in [7, 11) is 0. The smallest absolute Gasteiger partial charge is 0.0829 e. The van der Waals surface area contributed by atoms with Crippen molar-refractivity contribution in [2.75, 3.05) is 19.8 Å². The van der Waals surface area contributed by atoms with Gasteiger partial charge in [-0.1, -0.05) is 12.0 Å². The minimum atomic E-state index is -0.792. The molecule has 2 N–H and O–H groups in total. The first kappa shape index (κ1) is 12.2. The molecule has 0 rings (SSSR count). The van der Waals surface area contributed by atoms with Crippen molar-refractivity contribution in [2.24, 2.45) is 5.11 Å². The zero-order valence-electron chi connectivity index (χ0n) is 7.63. The van der Waals surface area contributed by atoms with E-state index in [4.69, 9.17) is 20.5 Å². The lowest BCUT2D eigenvalue weighted by Gasteiger charge is -2.11. The normalized spacial score (nSPS) is 14.7. The molecule has 76 valence electrons. The summed E-state index contributed by atoms with van der Waals surface area (Å²) >= 11 is 0. The summed E-state index contributed by atoms with van der Waals surface area (Å²) in [4.78, 5) is 2.50. The molecule has 13 heavy (non-hydrogen) atoms. The monoisotopic (exact) mass is 189 g/mol. The maximum Gasteiger partial charge on any atom is 0.0829 e. The molecule has 0 fully saturated rings. The van der Waals surface area contributed by atoms with Crippen molar-refractivity contribution < 1.29 is 14.9 Å². The molecule has 0 radical (unpaired) electrons. The van der Waals surface area contributed by atoms with E-state index in [2.05, 4.69) is 10.0 Å². The Labute approximate surface area is 76.8 Å². The van der Waals surface area contributed by atoms with Gasteiger partial charge in [0.15, 0.2) is 0 Å². The molecule has 0 aromatic rings. The number of rotatable bonds is 7. The summed E-state index contributed by atoms with van der Waals surface area (Å²) in [5, 5.41) is 21.3. The zero-order chi connectivity index (χ0) is 10.1. The average molecular weight is 189 g/mol. The molecule has 2 atom stereocenters. The van der Waals surface area contributed by atoms with Gasteiger partial charge in [-0.3, -0.25) is 0 Å². The van der Waals surface area contributed by atoms with E-state index in [0.29, 0.717) is 6.42 Å².